The molecule has 0 saturated heterocycles. The van der Waals surface area contributed by atoms with E-state index >= 15 is 0 Å². The maximum Gasteiger partial charge on any atom is 0.0717 e. The Bertz CT molecular complexity index is 3240. The standard InChI is InChI=1S/C60H48N2/c1-10-30-59(31-11-1)51-19-7-5-15-43(51)45-26-23-40(36-53(45)59)57-47-17-3-4-18-48(47)58(41-24-27-46-44-16-6-8-20-52(44)60(54(46)37-41)32-12-2-13-33-60)50-35-39(22-28-49(50)57)56-29-25-42(38-62-56)55-21-9-14-34-61-55/h3-9,14-29,34-38H,1-2,10-13,30-33H2. The number of hydrogen-bond acceptors (Lipinski definition) is 2. The lowest BCUT2D eigenvalue weighted by Crippen LogP contribution is -2.28. The molecule has 0 bridgehead atoms. The van der Waals surface area contributed by atoms with E-state index in [1.165, 1.54) is 153 Å². The SMILES string of the molecule is c1ccc(-c2ccc(-c3ccc4c(-c5ccc6c(c5)C5(CCCCC5)c5ccccc5-6)c5ccccc5c(-c5ccc6c(c5)C5(CCCCC5)c5ccccc5-6)c4c3)nc2)nc1. The van der Waals surface area contributed by atoms with Gasteiger partial charge in [-0.25, -0.2) is 0 Å². The second-order valence-corrected chi connectivity index (χ2v) is 18.6. The summed E-state index contributed by atoms with van der Waals surface area (Å²) in [6, 6.07) is 60.2. The lowest BCUT2D eigenvalue weighted by Gasteiger charge is -2.36. The molecule has 62 heavy (non-hydrogen) atoms. The van der Waals surface area contributed by atoms with Crippen molar-refractivity contribution in [1.82, 2.24) is 9.97 Å². The van der Waals surface area contributed by atoms with Crippen LogP contribution < -0.4 is 0 Å². The van der Waals surface area contributed by atoms with Crippen LogP contribution in [-0.2, 0) is 10.8 Å². The Kier molecular flexibility index (Phi) is 8.11. The fourth-order valence-corrected chi connectivity index (χ4v) is 12.8. The van der Waals surface area contributed by atoms with Crippen molar-refractivity contribution >= 4 is 21.5 Å². The first-order valence-corrected chi connectivity index (χ1v) is 23.1. The molecule has 9 aromatic rings. The average Bonchev–Trinajstić information content (AvgIpc) is 3.76. The predicted molar refractivity (Wildman–Crippen MR) is 257 cm³/mol. The first kappa shape index (κ1) is 36.1. The molecule has 2 aromatic heterocycles. The van der Waals surface area contributed by atoms with Crippen molar-refractivity contribution in [2.75, 3.05) is 0 Å². The molecule has 0 unspecified atom stereocenters. The van der Waals surface area contributed by atoms with Crippen LogP contribution >= 0.6 is 0 Å². The minimum atomic E-state index is 0.0766. The molecule has 4 aliphatic rings. The van der Waals surface area contributed by atoms with E-state index in [2.05, 4.69) is 145 Å². The Labute approximate surface area is 364 Å². The molecule has 0 amide bonds. The maximum absolute atomic E-state index is 5.07. The molecule has 298 valence electrons. The summed E-state index contributed by atoms with van der Waals surface area (Å²) >= 11 is 0. The van der Waals surface area contributed by atoms with E-state index < -0.39 is 0 Å². The Morgan fingerprint density at radius 2 is 0.806 bits per heavy atom. The van der Waals surface area contributed by atoms with E-state index in [1.54, 1.807) is 0 Å². The number of benzene rings is 7. The van der Waals surface area contributed by atoms with Crippen molar-refractivity contribution in [2.24, 2.45) is 0 Å². The van der Waals surface area contributed by atoms with Gasteiger partial charge in [0.05, 0.1) is 11.4 Å². The van der Waals surface area contributed by atoms with Gasteiger partial charge in [-0.2, -0.15) is 0 Å². The summed E-state index contributed by atoms with van der Waals surface area (Å²) in [5.74, 6) is 0. The van der Waals surface area contributed by atoms with Gasteiger partial charge in [-0.15, -0.1) is 0 Å². The third kappa shape index (κ3) is 5.22. The molecule has 2 heterocycles. The predicted octanol–water partition coefficient (Wildman–Crippen LogP) is 15.9. The molecule has 7 aromatic carbocycles. The molecular weight excluding hydrogens is 749 g/mol. The van der Waals surface area contributed by atoms with Gasteiger partial charge in [-0.3, -0.25) is 9.97 Å². The fourth-order valence-electron chi connectivity index (χ4n) is 12.8. The number of fused-ring (bicyclic) bond motifs is 12. The van der Waals surface area contributed by atoms with Gasteiger partial charge in [0.15, 0.2) is 0 Å². The quantitative estimate of drug-likeness (QED) is 0.166. The fraction of sp³-hybridized carbons (Fsp3) is 0.200. The molecule has 2 fully saturated rings. The second kappa shape index (κ2) is 13.9. The van der Waals surface area contributed by atoms with Gasteiger partial charge in [0.25, 0.3) is 0 Å². The van der Waals surface area contributed by atoms with Crippen LogP contribution in [0, 0.1) is 0 Å². The van der Waals surface area contributed by atoms with E-state index in [0.29, 0.717) is 0 Å². The lowest BCUT2D eigenvalue weighted by molar-refractivity contribution is 0.353. The molecule has 2 nitrogen and oxygen atoms in total. The molecule has 2 heteroatoms. The number of hydrogen-bond donors (Lipinski definition) is 0. The van der Waals surface area contributed by atoms with Crippen LogP contribution in [-0.4, -0.2) is 9.97 Å². The largest absolute Gasteiger partial charge is 0.256 e. The number of aromatic nitrogens is 2. The highest BCUT2D eigenvalue weighted by Gasteiger charge is 2.45. The van der Waals surface area contributed by atoms with Crippen molar-refractivity contribution in [1.29, 1.82) is 0 Å². The van der Waals surface area contributed by atoms with Gasteiger partial charge in [0.1, 0.15) is 0 Å². The van der Waals surface area contributed by atoms with Crippen molar-refractivity contribution in [3.05, 3.63) is 192 Å². The van der Waals surface area contributed by atoms with Gasteiger partial charge >= 0.3 is 0 Å². The van der Waals surface area contributed by atoms with E-state index in [0.717, 1.165) is 22.5 Å². The lowest BCUT2D eigenvalue weighted by atomic mass is 9.67. The van der Waals surface area contributed by atoms with Crippen molar-refractivity contribution in [3.8, 4) is 67.0 Å². The smallest absolute Gasteiger partial charge is 0.0717 e. The van der Waals surface area contributed by atoms with Crippen molar-refractivity contribution in [3.63, 3.8) is 0 Å². The molecule has 0 N–H and O–H groups in total. The summed E-state index contributed by atoms with van der Waals surface area (Å²) in [5, 5.41) is 5.17. The second-order valence-electron chi connectivity index (χ2n) is 18.6. The number of nitrogens with zero attached hydrogens (tertiary/aromatic N) is 2. The zero-order chi connectivity index (χ0) is 40.8. The van der Waals surface area contributed by atoms with Crippen molar-refractivity contribution < 1.29 is 0 Å². The Hall–Kier alpha value is -6.64. The van der Waals surface area contributed by atoms with Crippen LogP contribution in [0.4, 0.5) is 0 Å². The highest BCUT2D eigenvalue weighted by atomic mass is 14.7. The summed E-state index contributed by atoms with van der Waals surface area (Å²) in [6.45, 7) is 0. The van der Waals surface area contributed by atoms with Crippen LogP contribution in [0.25, 0.3) is 88.6 Å². The molecule has 2 saturated carbocycles. The summed E-state index contributed by atoms with van der Waals surface area (Å²) in [5.41, 5.74) is 21.3. The summed E-state index contributed by atoms with van der Waals surface area (Å²) < 4.78 is 0. The first-order valence-electron chi connectivity index (χ1n) is 23.1. The molecular formula is C60H48N2. The van der Waals surface area contributed by atoms with Crippen LogP contribution in [0.3, 0.4) is 0 Å². The van der Waals surface area contributed by atoms with Crippen LogP contribution in [0.1, 0.15) is 86.5 Å². The average molecular weight is 797 g/mol. The van der Waals surface area contributed by atoms with Crippen LogP contribution in [0.2, 0.25) is 0 Å². The van der Waals surface area contributed by atoms with Crippen LogP contribution in [0.15, 0.2) is 170 Å². The van der Waals surface area contributed by atoms with Gasteiger partial charge in [-0.1, -0.05) is 154 Å². The van der Waals surface area contributed by atoms with Crippen molar-refractivity contribution in [2.45, 2.75) is 75.0 Å². The zero-order valence-corrected chi connectivity index (χ0v) is 35.1. The number of rotatable bonds is 4. The molecule has 13 rings (SSSR count). The molecule has 4 aliphatic carbocycles. The Morgan fingerprint density at radius 1 is 0.323 bits per heavy atom. The molecule has 0 atom stereocenters. The summed E-state index contributed by atoms with van der Waals surface area (Å²) in [7, 11) is 0. The third-order valence-corrected chi connectivity index (χ3v) is 15.6. The van der Waals surface area contributed by atoms with E-state index in [4.69, 9.17) is 4.98 Å². The minimum absolute atomic E-state index is 0.0766. The van der Waals surface area contributed by atoms with E-state index in [9.17, 15) is 0 Å². The topological polar surface area (TPSA) is 25.8 Å². The van der Waals surface area contributed by atoms with E-state index in [1.807, 2.05) is 30.6 Å². The van der Waals surface area contributed by atoms with Crippen LogP contribution in [0.5, 0.6) is 0 Å². The first-order chi connectivity index (χ1) is 30.7. The zero-order valence-electron chi connectivity index (χ0n) is 35.1. The summed E-state index contributed by atoms with van der Waals surface area (Å²) in [6.07, 6.45) is 16.5. The van der Waals surface area contributed by atoms with E-state index in [-0.39, 0.29) is 10.8 Å². The molecule has 2 spiro atoms. The number of pyridine rings is 2. The van der Waals surface area contributed by atoms with Gasteiger partial charge in [0.2, 0.25) is 0 Å². The van der Waals surface area contributed by atoms with Gasteiger partial charge in [0, 0.05) is 34.4 Å². The third-order valence-electron chi connectivity index (χ3n) is 15.6. The normalized spacial score (nSPS) is 16.6. The minimum Gasteiger partial charge on any atom is -0.256 e. The Balaban J connectivity index is 1.06. The highest BCUT2D eigenvalue weighted by Crippen LogP contribution is 2.59. The monoisotopic (exact) mass is 796 g/mol. The highest BCUT2D eigenvalue weighted by molar-refractivity contribution is 6.22. The molecule has 0 radical (unpaired) electrons. The summed E-state index contributed by atoms with van der Waals surface area (Å²) in [4.78, 5) is 9.67. The van der Waals surface area contributed by atoms with Gasteiger partial charge in [-0.05, 0) is 156 Å². The maximum atomic E-state index is 5.07. The molecule has 0 aliphatic heterocycles. The Morgan fingerprint density at radius 3 is 1.37 bits per heavy atom. The van der Waals surface area contributed by atoms with Gasteiger partial charge < -0.3 is 0 Å².